The number of ketones is 1. The third kappa shape index (κ3) is 3.86. The minimum Gasteiger partial charge on any atom is -0.493 e. The molecular weight excluding hydrogens is 214 g/mol. The molecule has 1 aromatic rings. The number of hydrogen-bond acceptors (Lipinski definition) is 3. The van der Waals surface area contributed by atoms with E-state index in [4.69, 9.17) is 4.74 Å². The largest absolute Gasteiger partial charge is 0.493 e. The van der Waals surface area contributed by atoms with Crippen molar-refractivity contribution in [1.29, 1.82) is 0 Å². The molecular formula is C14H21NO2. The Morgan fingerprint density at radius 1 is 1.41 bits per heavy atom. The Balaban J connectivity index is 2.84. The molecule has 0 saturated carbocycles. The maximum Gasteiger partial charge on any atom is 0.170 e. The van der Waals surface area contributed by atoms with Gasteiger partial charge < -0.3 is 10.1 Å². The van der Waals surface area contributed by atoms with Crippen LogP contribution in [0.1, 0.15) is 30.6 Å². The first-order valence-corrected chi connectivity index (χ1v) is 6.11. The van der Waals surface area contributed by atoms with Crippen molar-refractivity contribution in [1.82, 2.24) is 5.32 Å². The highest BCUT2D eigenvalue weighted by atomic mass is 16.5. The van der Waals surface area contributed by atoms with Crippen LogP contribution < -0.4 is 10.1 Å². The molecule has 0 bridgehead atoms. The van der Waals surface area contributed by atoms with Gasteiger partial charge in [-0.3, -0.25) is 4.79 Å². The van der Waals surface area contributed by atoms with Crippen LogP contribution in [0.25, 0.3) is 0 Å². The normalized spacial score (nSPS) is 12.2. The summed E-state index contributed by atoms with van der Waals surface area (Å²) in [7, 11) is 1.85. The van der Waals surface area contributed by atoms with E-state index in [1.54, 1.807) is 0 Å². The highest BCUT2D eigenvalue weighted by molar-refractivity contribution is 6.00. The van der Waals surface area contributed by atoms with Crippen LogP contribution in [0.4, 0.5) is 0 Å². The van der Waals surface area contributed by atoms with Gasteiger partial charge >= 0.3 is 0 Å². The van der Waals surface area contributed by atoms with Crippen molar-refractivity contribution in [2.45, 2.75) is 20.3 Å². The fourth-order valence-electron chi connectivity index (χ4n) is 1.67. The molecule has 0 aliphatic carbocycles. The number of nitrogens with one attached hydrogen (secondary N) is 1. The van der Waals surface area contributed by atoms with E-state index in [-0.39, 0.29) is 11.7 Å². The van der Waals surface area contributed by atoms with E-state index in [0.29, 0.717) is 24.5 Å². The summed E-state index contributed by atoms with van der Waals surface area (Å²) in [6.45, 7) is 5.30. The Morgan fingerprint density at radius 3 is 2.76 bits per heavy atom. The molecule has 0 fully saturated rings. The number of hydrogen-bond donors (Lipinski definition) is 1. The second-order valence-electron chi connectivity index (χ2n) is 4.17. The van der Waals surface area contributed by atoms with Gasteiger partial charge in [-0.2, -0.15) is 0 Å². The molecule has 17 heavy (non-hydrogen) atoms. The summed E-state index contributed by atoms with van der Waals surface area (Å²) in [6.07, 6.45) is 0.939. The first-order chi connectivity index (χ1) is 8.20. The van der Waals surface area contributed by atoms with Gasteiger partial charge in [-0.25, -0.2) is 0 Å². The average molecular weight is 235 g/mol. The molecule has 0 heterocycles. The zero-order valence-electron chi connectivity index (χ0n) is 10.8. The van der Waals surface area contributed by atoms with Crippen LogP contribution in [0.15, 0.2) is 24.3 Å². The molecule has 0 saturated heterocycles. The smallest absolute Gasteiger partial charge is 0.170 e. The van der Waals surface area contributed by atoms with Crippen LogP contribution in [0, 0.1) is 5.92 Å². The van der Waals surface area contributed by atoms with E-state index in [9.17, 15) is 4.79 Å². The number of carbonyl (C=O) groups is 1. The predicted molar refractivity (Wildman–Crippen MR) is 69.6 cm³/mol. The van der Waals surface area contributed by atoms with Crippen molar-refractivity contribution >= 4 is 5.78 Å². The molecule has 94 valence electrons. The third-order valence-corrected chi connectivity index (χ3v) is 2.57. The van der Waals surface area contributed by atoms with Crippen LogP contribution in [0.5, 0.6) is 5.75 Å². The van der Waals surface area contributed by atoms with Crippen LogP contribution in [-0.4, -0.2) is 26.0 Å². The lowest BCUT2D eigenvalue weighted by atomic mass is 9.98. The average Bonchev–Trinajstić information content (AvgIpc) is 2.36. The third-order valence-electron chi connectivity index (χ3n) is 2.57. The van der Waals surface area contributed by atoms with Crippen molar-refractivity contribution in [3.05, 3.63) is 29.8 Å². The van der Waals surface area contributed by atoms with Crippen molar-refractivity contribution in [3.8, 4) is 5.75 Å². The highest BCUT2D eigenvalue weighted by Crippen LogP contribution is 2.21. The Hall–Kier alpha value is -1.35. The van der Waals surface area contributed by atoms with Gasteiger partial charge in [0.1, 0.15) is 5.75 Å². The summed E-state index contributed by atoms with van der Waals surface area (Å²) in [6, 6.07) is 7.46. The van der Waals surface area contributed by atoms with Gasteiger partial charge in [-0.1, -0.05) is 26.0 Å². The topological polar surface area (TPSA) is 38.3 Å². The Morgan fingerprint density at radius 2 is 2.12 bits per heavy atom. The monoisotopic (exact) mass is 235 g/mol. The zero-order chi connectivity index (χ0) is 12.7. The van der Waals surface area contributed by atoms with E-state index in [1.165, 1.54) is 0 Å². The summed E-state index contributed by atoms with van der Waals surface area (Å²) in [5, 5.41) is 3.02. The number of rotatable bonds is 7. The molecule has 1 N–H and O–H groups in total. The molecule has 1 rings (SSSR count). The lowest BCUT2D eigenvalue weighted by Gasteiger charge is -2.13. The number of carbonyl (C=O) groups excluding carboxylic acids is 1. The molecule has 3 nitrogen and oxygen atoms in total. The lowest BCUT2D eigenvalue weighted by Crippen LogP contribution is -2.24. The SMILES string of the molecule is CCCOc1ccccc1C(=O)C(C)CNC. The van der Waals surface area contributed by atoms with Gasteiger partial charge in [0, 0.05) is 12.5 Å². The van der Waals surface area contributed by atoms with Crippen molar-refractivity contribution in [2.75, 3.05) is 20.2 Å². The van der Waals surface area contributed by atoms with Gasteiger partial charge in [0.25, 0.3) is 0 Å². The first kappa shape index (κ1) is 13.7. The van der Waals surface area contributed by atoms with Crippen LogP contribution in [-0.2, 0) is 0 Å². The molecule has 1 unspecified atom stereocenters. The molecule has 0 aliphatic heterocycles. The Kier molecular flexibility index (Phi) is 5.70. The summed E-state index contributed by atoms with van der Waals surface area (Å²) in [5.74, 6) is 0.791. The molecule has 3 heteroatoms. The van der Waals surface area contributed by atoms with Crippen LogP contribution >= 0.6 is 0 Å². The maximum atomic E-state index is 12.2. The predicted octanol–water partition coefficient (Wildman–Crippen LogP) is 2.51. The number of para-hydroxylation sites is 1. The Bertz CT molecular complexity index is 363. The highest BCUT2D eigenvalue weighted by Gasteiger charge is 2.18. The summed E-state index contributed by atoms with van der Waals surface area (Å²) in [4.78, 5) is 12.2. The molecule has 0 spiro atoms. The Labute approximate surface area is 103 Å². The fraction of sp³-hybridized carbons (Fsp3) is 0.500. The van der Waals surface area contributed by atoms with E-state index >= 15 is 0 Å². The quantitative estimate of drug-likeness (QED) is 0.738. The number of Topliss-reactive ketones (excluding diaryl/α,β-unsaturated/α-hetero) is 1. The summed E-state index contributed by atoms with van der Waals surface area (Å²) < 4.78 is 5.59. The van der Waals surface area contributed by atoms with Crippen molar-refractivity contribution in [3.63, 3.8) is 0 Å². The minimum absolute atomic E-state index is 0.0358. The lowest BCUT2D eigenvalue weighted by molar-refractivity contribution is 0.0926. The zero-order valence-corrected chi connectivity index (χ0v) is 10.8. The fourth-order valence-corrected chi connectivity index (χ4v) is 1.67. The number of benzene rings is 1. The van der Waals surface area contributed by atoms with Gasteiger partial charge in [0.15, 0.2) is 5.78 Å². The molecule has 0 radical (unpaired) electrons. The van der Waals surface area contributed by atoms with Crippen molar-refractivity contribution in [2.24, 2.45) is 5.92 Å². The molecule has 1 aromatic carbocycles. The van der Waals surface area contributed by atoms with Crippen LogP contribution in [0.2, 0.25) is 0 Å². The number of ether oxygens (including phenoxy) is 1. The van der Waals surface area contributed by atoms with E-state index in [0.717, 1.165) is 6.42 Å². The standard InChI is InChI=1S/C14H21NO2/c1-4-9-17-13-8-6-5-7-12(13)14(16)11(2)10-15-3/h5-8,11,15H,4,9-10H2,1-3H3. The van der Waals surface area contributed by atoms with E-state index < -0.39 is 0 Å². The van der Waals surface area contributed by atoms with Gasteiger partial charge in [0.05, 0.1) is 12.2 Å². The summed E-state index contributed by atoms with van der Waals surface area (Å²) >= 11 is 0. The van der Waals surface area contributed by atoms with E-state index in [1.807, 2.05) is 45.2 Å². The molecule has 1 atom stereocenters. The minimum atomic E-state index is -0.0358. The van der Waals surface area contributed by atoms with Crippen LogP contribution in [0.3, 0.4) is 0 Å². The van der Waals surface area contributed by atoms with Gasteiger partial charge in [0.2, 0.25) is 0 Å². The van der Waals surface area contributed by atoms with E-state index in [2.05, 4.69) is 5.32 Å². The van der Waals surface area contributed by atoms with Crippen molar-refractivity contribution < 1.29 is 9.53 Å². The molecule has 0 amide bonds. The summed E-state index contributed by atoms with van der Waals surface area (Å²) in [5.41, 5.74) is 0.684. The van der Waals surface area contributed by atoms with Gasteiger partial charge in [-0.15, -0.1) is 0 Å². The molecule has 0 aromatic heterocycles. The second-order valence-corrected chi connectivity index (χ2v) is 4.17. The first-order valence-electron chi connectivity index (χ1n) is 6.11. The maximum absolute atomic E-state index is 12.2. The van der Waals surface area contributed by atoms with Gasteiger partial charge in [-0.05, 0) is 25.6 Å². The molecule has 0 aliphatic rings. The second kappa shape index (κ2) is 7.07.